The molecule has 1 aromatic heterocycles. The third-order valence-corrected chi connectivity index (χ3v) is 10.6. The van der Waals surface area contributed by atoms with Crippen LogP contribution < -0.4 is 14.4 Å². The number of hydrogen-bond acceptors (Lipinski definition) is 9. The van der Waals surface area contributed by atoms with E-state index in [1.807, 2.05) is 44.2 Å². The second-order valence-electron chi connectivity index (χ2n) is 11.2. The molecule has 1 atom stereocenters. The number of hydrogen-bond donors (Lipinski definition) is 1. The second kappa shape index (κ2) is 15.5. The van der Waals surface area contributed by atoms with E-state index in [0.717, 1.165) is 23.1 Å². The van der Waals surface area contributed by atoms with Crippen LogP contribution in [-0.4, -0.2) is 33.6 Å². The van der Waals surface area contributed by atoms with Gasteiger partial charge in [-0.15, -0.1) is 10.2 Å². The Kier molecular flexibility index (Phi) is 10.9. The third kappa shape index (κ3) is 7.78. The molecular formula is C37H31Cl2N3O5S2. The van der Waals surface area contributed by atoms with Crippen molar-refractivity contribution in [3.8, 4) is 11.5 Å². The summed E-state index contributed by atoms with van der Waals surface area (Å²) in [6, 6.07) is 26.2. The lowest BCUT2D eigenvalue weighted by atomic mass is 9.95. The van der Waals surface area contributed by atoms with Crippen molar-refractivity contribution in [2.45, 2.75) is 43.0 Å². The number of nitrogens with zero attached hydrogens (tertiary/aromatic N) is 3. The Balaban J connectivity index is 1.31. The molecule has 0 bridgehead atoms. The molecule has 1 N–H and O–H groups in total. The maximum Gasteiger partial charge on any atom is 0.301 e. The van der Waals surface area contributed by atoms with Crippen molar-refractivity contribution < 1.29 is 24.2 Å². The van der Waals surface area contributed by atoms with E-state index in [4.69, 9.17) is 32.7 Å². The van der Waals surface area contributed by atoms with E-state index in [0.29, 0.717) is 56.0 Å². The second-order valence-corrected chi connectivity index (χ2v) is 14.2. The van der Waals surface area contributed by atoms with Gasteiger partial charge in [-0.05, 0) is 84.1 Å². The van der Waals surface area contributed by atoms with E-state index < -0.39 is 17.7 Å². The average Bonchev–Trinajstić information content (AvgIpc) is 3.68. The molecule has 1 aliphatic rings. The summed E-state index contributed by atoms with van der Waals surface area (Å²) in [5.74, 6) is -0.205. The van der Waals surface area contributed by atoms with E-state index in [1.54, 1.807) is 60.7 Å². The van der Waals surface area contributed by atoms with Gasteiger partial charge in [-0.3, -0.25) is 14.5 Å². The number of aryl methyl sites for hydroxylation is 1. The highest BCUT2D eigenvalue weighted by molar-refractivity contribution is 8.00. The zero-order valence-corrected chi connectivity index (χ0v) is 29.7. The number of thioether (sulfide) groups is 1. The predicted molar refractivity (Wildman–Crippen MR) is 195 cm³/mol. The minimum atomic E-state index is -0.964. The van der Waals surface area contributed by atoms with Crippen molar-refractivity contribution in [1.82, 2.24) is 10.2 Å². The highest BCUT2D eigenvalue weighted by Gasteiger charge is 2.48. The molecule has 12 heteroatoms. The largest absolute Gasteiger partial charge is 0.507 e. The SMILES string of the molecule is CCCOc1ccc(C2C(=C(O)c3ccc(OCc4ccccc4C)cc3)C(=O)C(=O)N2c2nnc(SCc3ccc(Cl)cc3Cl)s2)cc1. The van der Waals surface area contributed by atoms with Crippen LogP contribution in [0.25, 0.3) is 5.76 Å². The maximum absolute atomic E-state index is 13.7. The summed E-state index contributed by atoms with van der Waals surface area (Å²) >= 11 is 15.0. The van der Waals surface area contributed by atoms with Crippen LogP contribution in [0.4, 0.5) is 5.13 Å². The Morgan fingerprint density at radius 1 is 0.918 bits per heavy atom. The molecule has 6 rings (SSSR count). The number of Topliss-reactive ketones (excluding diaryl/α,β-unsaturated/α-hetero) is 1. The number of ether oxygens (including phenoxy) is 2. The normalized spacial score (nSPS) is 15.5. The number of carbonyl (C=O) groups is 2. The van der Waals surface area contributed by atoms with Crippen molar-refractivity contribution in [1.29, 1.82) is 0 Å². The van der Waals surface area contributed by atoms with Gasteiger partial charge in [0.2, 0.25) is 5.13 Å². The van der Waals surface area contributed by atoms with Gasteiger partial charge in [0.1, 0.15) is 23.9 Å². The molecule has 5 aromatic rings. The summed E-state index contributed by atoms with van der Waals surface area (Å²) in [7, 11) is 0. The first-order chi connectivity index (χ1) is 23.7. The molecule has 1 aliphatic heterocycles. The number of carbonyl (C=O) groups excluding carboxylic acids is 2. The summed E-state index contributed by atoms with van der Waals surface area (Å²) in [5, 5.41) is 21.5. The molecule has 49 heavy (non-hydrogen) atoms. The Hall–Kier alpha value is -4.35. The van der Waals surface area contributed by atoms with Gasteiger partial charge in [0, 0.05) is 21.4 Å². The molecule has 2 heterocycles. The van der Waals surface area contributed by atoms with Gasteiger partial charge in [0.05, 0.1) is 18.2 Å². The van der Waals surface area contributed by atoms with Crippen LogP contribution in [0.15, 0.2) is 101 Å². The van der Waals surface area contributed by atoms with Crippen LogP contribution in [0.1, 0.15) is 47.2 Å². The number of benzene rings is 4. The van der Waals surface area contributed by atoms with Gasteiger partial charge < -0.3 is 14.6 Å². The van der Waals surface area contributed by atoms with Crippen LogP contribution in [0.2, 0.25) is 10.0 Å². The summed E-state index contributed by atoms with van der Waals surface area (Å²) in [6.45, 7) is 4.98. The van der Waals surface area contributed by atoms with Gasteiger partial charge in [-0.25, -0.2) is 0 Å². The highest BCUT2D eigenvalue weighted by Crippen LogP contribution is 2.44. The average molecular weight is 733 g/mol. The van der Waals surface area contributed by atoms with Crippen molar-refractivity contribution in [3.63, 3.8) is 0 Å². The lowest BCUT2D eigenvalue weighted by Gasteiger charge is -2.22. The summed E-state index contributed by atoms with van der Waals surface area (Å²) in [6.07, 6.45) is 0.846. The molecule has 0 aliphatic carbocycles. The number of amides is 1. The van der Waals surface area contributed by atoms with Crippen molar-refractivity contribution >= 4 is 68.9 Å². The highest BCUT2D eigenvalue weighted by atomic mass is 35.5. The molecule has 250 valence electrons. The molecule has 0 spiro atoms. The molecule has 1 fully saturated rings. The predicted octanol–water partition coefficient (Wildman–Crippen LogP) is 9.44. The Morgan fingerprint density at radius 3 is 2.35 bits per heavy atom. The molecule has 1 unspecified atom stereocenters. The Bertz CT molecular complexity index is 2020. The molecule has 1 saturated heterocycles. The summed E-state index contributed by atoms with van der Waals surface area (Å²) in [5.41, 5.74) is 3.96. The monoisotopic (exact) mass is 731 g/mol. The third-order valence-electron chi connectivity index (χ3n) is 7.86. The molecule has 0 radical (unpaired) electrons. The summed E-state index contributed by atoms with van der Waals surface area (Å²) < 4.78 is 12.3. The van der Waals surface area contributed by atoms with Crippen molar-refractivity contribution in [3.05, 3.63) is 134 Å². The molecular weight excluding hydrogens is 701 g/mol. The van der Waals surface area contributed by atoms with E-state index in [-0.39, 0.29) is 16.5 Å². The van der Waals surface area contributed by atoms with Crippen LogP contribution in [-0.2, 0) is 21.9 Å². The van der Waals surface area contributed by atoms with Crippen LogP contribution in [0, 0.1) is 6.92 Å². The first-order valence-corrected chi connectivity index (χ1v) is 18.0. The van der Waals surface area contributed by atoms with Gasteiger partial charge in [-0.1, -0.05) is 95.7 Å². The van der Waals surface area contributed by atoms with Gasteiger partial charge in [0.15, 0.2) is 4.34 Å². The lowest BCUT2D eigenvalue weighted by Crippen LogP contribution is -2.29. The smallest absolute Gasteiger partial charge is 0.301 e. The van der Waals surface area contributed by atoms with Crippen LogP contribution >= 0.6 is 46.3 Å². The number of halogens is 2. The number of aliphatic hydroxyl groups excluding tert-OH is 1. The fourth-order valence-corrected chi connectivity index (χ4v) is 7.67. The van der Waals surface area contributed by atoms with E-state index >= 15 is 0 Å². The van der Waals surface area contributed by atoms with E-state index in [9.17, 15) is 14.7 Å². The van der Waals surface area contributed by atoms with Gasteiger partial charge >= 0.3 is 5.91 Å². The molecule has 0 saturated carbocycles. The number of ketones is 1. The van der Waals surface area contributed by atoms with Gasteiger partial charge in [0.25, 0.3) is 5.78 Å². The molecule has 8 nitrogen and oxygen atoms in total. The fourth-order valence-electron chi connectivity index (χ4n) is 5.25. The number of aliphatic hydroxyl groups is 1. The minimum absolute atomic E-state index is 0.0573. The lowest BCUT2D eigenvalue weighted by molar-refractivity contribution is -0.132. The molecule has 4 aromatic carbocycles. The topological polar surface area (TPSA) is 102 Å². The minimum Gasteiger partial charge on any atom is -0.507 e. The number of aromatic nitrogens is 2. The van der Waals surface area contributed by atoms with E-state index in [2.05, 4.69) is 10.2 Å². The first-order valence-electron chi connectivity index (χ1n) is 15.4. The Morgan fingerprint density at radius 2 is 1.63 bits per heavy atom. The molecule has 1 amide bonds. The maximum atomic E-state index is 13.7. The van der Waals surface area contributed by atoms with Crippen LogP contribution in [0.5, 0.6) is 11.5 Å². The fraction of sp³-hybridized carbons (Fsp3) is 0.189. The quantitative estimate of drug-likeness (QED) is 0.0445. The number of anilines is 1. The first kappa shape index (κ1) is 34.5. The zero-order chi connectivity index (χ0) is 34.5. The van der Waals surface area contributed by atoms with Gasteiger partial charge in [-0.2, -0.15) is 0 Å². The van der Waals surface area contributed by atoms with Crippen molar-refractivity contribution in [2.75, 3.05) is 11.5 Å². The Labute approximate surface area is 302 Å². The summed E-state index contributed by atoms with van der Waals surface area (Å²) in [4.78, 5) is 28.7. The van der Waals surface area contributed by atoms with Crippen molar-refractivity contribution in [2.24, 2.45) is 0 Å². The standard InChI is InChI=1S/C37H31Cl2N3O5S2/c1-3-18-46-28-14-9-23(10-15-28)32-31(33(43)24-11-16-29(17-12-24)47-20-25-7-5-4-6-22(25)2)34(44)35(45)42(32)36-40-41-37(49-36)48-21-26-8-13-27(38)19-30(26)39/h4-17,19,32,43H,3,18,20-21H2,1-2H3. The van der Waals surface area contributed by atoms with Crippen LogP contribution in [0.3, 0.4) is 0 Å². The zero-order valence-electron chi connectivity index (χ0n) is 26.6. The number of rotatable bonds is 12. The van der Waals surface area contributed by atoms with E-state index in [1.165, 1.54) is 28.0 Å².